The van der Waals surface area contributed by atoms with E-state index in [1.807, 2.05) is 4.72 Å². The smallest absolute Gasteiger partial charge is 0.264 e. The summed E-state index contributed by atoms with van der Waals surface area (Å²) in [5.41, 5.74) is 0.246. The van der Waals surface area contributed by atoms with Crippen LogP contribution in [-0.4, -0.2) is 53.1 Å². The number of sulfonamides is 1. The van der Waals surface area contributed by atoms with E-state index >= 15 is 0 Å². The van der Waals surface area contributed by atoms with Gasteiger partial charge in [-0.25, -0.2) is 13.1 Å². The van der Waals surface area contributed by atoms with Crippen LogP contribution in [0.5, 0.6) is 5.75 Å². The first-order valence-electron chi connectivity index (χ1n) is 7.38. The van der Waals surface area contributed by atoms with Crippen LogP contribution in [0.1, 0.15) is 23.2 Å². The van der Waals surface area contributed by atoms with E-state index in [1.54, 1.807) is 12.1 Å². The second kappa shape index (κ2) is 8.28. The number of hydrogen-bond donors (Lipinski definition) is 1. The van der Waals surface area contributed by atoms with E-state index in [9.17, 15) is 13.2 Å². The molecule has 0 aromatic heterocycles. The number of amides is 1. The predicted octanol–water partition coefficient (Wildman–Crippen LogP) is 0.950. The van der Waals surface area contributed by atoms with Crippen LogP contribution in [0.15, 0.2) is 24.3 Å². The quantitative estimate of drug-likeness (QED) is 0.756. The summed E-state index contributed by atoms with van der Waals surface area (Å²) in [6.45, 7) is 1.26. The standard InChI is InChI=1S/C15H21NO6S/c1-20-9-10-23(18,19)16-15(17)12-4-6-13(7-5-12)22-11-14-3-2-8-21-14/h4-7,14H,2-3,8-11H2,1H3,(H,16,17)/t14-/m0/s1. The molecule has 1 aliphatic rings. The van der Waals surface area contributed by atoms with Gasteiger partial charge in [0.25, 0.3) is 5.91 Å². The highest BCUT2D eigenvalue weighted by atomic mass is 32.2. The first-order valence-corrected chi connectivity index (χ1v) is 9.03. The fourth-order valence-electron chi connectivity index (χ4n) is 2.11. The largest absolute Gasteiger partial charge is 0.491 e. The maximum atomic E-state index is 11.9. The van der Waals surface area contributed by atoms with Gasteiger partial charge in [0.05, 0.1) is 18.5 Å². The monoisotopic (exact) mass is 343 g/mol. The highest BCUT2D eigenvalue weighted by Gasteiger charge is 2.17. The third-order valence-electron chi connectivity index (χ3n) is 3.38. The topological polar surface area (TPSA) is 90.9 Å². The van der Waals surface area contributed by atoms with Gasteiger partial charge in [0, 0.05) is 19.3 Å². The SMILES string of the molecule is COCCS(=O)(=O)NC(=O)c1ccc(OC[C@@H]2CCCO2)cc1. The molecule has 1 heterocycles. The van der Waals surface area contributed by atoms with E-state index in [0.29, 0.717) is 12.4 Å². The maximum absolute atomic E-state index is 11.9. The molecule has 128 valence electrons. The van der Waals surface area contributed by atoms with E-state index in [2.05, 4.69) is 0 Å². The minimum atomic E-state index is -3.69. The van der Waals surface area contributed by atoms with Crippen molar-refractivity contribution in [1.29, 1.82) is 0 Å². The van der Waals surface area contributed by atoms with Crippen LogP contribution in [-0.2, 0) is 19.5 Å². The molecule has 1 aromatic rings. The van der Waals surface area contributed by atoms with Crippen LogP contribution in [0.2, 0.25) is 0 Å². The molecule has 0 spiro atoms. The van der Waals surface area contributed by atoms with Gasteiger partial charge in [-0.05, 0) is 37.1 Å². The fourth-order valence-corrected chi connectivity index (χ4v) is 3.00. The Bertz CT molecular complexity index is 607. The van der Waals surface area contributed by atoms with Crippen molar-refractivity contribution in [2.45, 2.75) is 18.9 Å². The van der Waals surface area contributed by atoms with Crippen LogP contribution >= 0.6 is 0 Å². The second-order valence-corrected chi connectivity index (χ2v) is 7.06. The number of hydrogen-bond acceptors (Lipinski definition) is 6. The van der Waals surface area contributed by atoms with Crippen LogP contribution in [0.4, 0.5) is 0 Å². The van der Waals surface area contributed by atoms with Gasteiger partial charge in [-0.1, -0.05) is 0 Å². The van der Waals surface area contributed by atoms with E-state index in [0.717, 1.165) is 19.4 Å². The molecule has 23 heavy (non-hydrogen) atoms. The van der Waals surface area contributed by atoms with Gasteiger partial charge in [-0.15, -0.1) is 0 Å². The molecule has 1 aromatic carbocycles. The summed E-state index contributed by atoms with van der Waals surface area (Å²) in [6.07, 6.45) is 2.15. The molecule has 1 N–H and O–H groups in total. The first-order chi connectivity index (χ1) is 11.0. The molecular formula is C15H21NO6S. The van der Waals surface area contributed by atoms with Crippen molar-refractivity contribution in [1.82, 2.24) is 4.72 Å². The lowest BCUT2D eigenvalue weighted by molar-refractivity contribution is 0.0679. The first kappa shape index (κ1) is 17.7. The van der Waals surface area contributed by atoms with E-state index in [1.165, 1.54) is 19.2 Å². The van der Waals surface area contributed by atoms with Crippen LogP contribution in [0, 0.1) is 0 Å². The van der Waals surface area contributed by atoms with Crippen LogP contribution < -0.4 is 9.46 Å². The summed E-state index contributed by atoms with van der Waals surface area (Å²) in [5, 5.41) is 0. The normalized spacial score (nSPS) is 17.9. The number of carbonyl (C=O) groups is 1. The van der Waals surface area contributed by atoms with Crippen molar-refractivity contribution in [3.8, 4) is 5.75 Å². The van der Waals surface area contributed by atoms with Gasteiger partial charge < -0.3 is 14.2 Å². The molecule has 1 amide bonds. The number of ether oxygens (including phenoxy) is 3. The number of rotatable bonds is 8. The molecule has 1 aliphatic heterocycles. The number of benzene rings is 1. The average molecular weight is 343 g/mol. The number of nitrogens with one attached hydrogen (secondary N) is 1. The molecule has 0 radical (unpaired) electrons. The lowest BCUT2D eigenvalue weighted by Crippen LogP contribution is -2.33. The summed E-state index contributed by atoms with van der Waals surface area (Å²) in [7, 11) is -2.30. The van der Waals surface area contributed by atoms with Crippen molar-refractivity contribution in [2.24, 2.45) is 0 Å². The molecule has 1 saturated heterocycles. The number of methoxy groups -OCH3 is 1. The lowest BCUT2D eigenvalue weighted by atomic mass is 10.2. The Morgan fingerprint density at radius 1 is 1.35 bits per heavy atom. The molecule has 8 heteroatoms. The van der Waals surface area contributed by atoms with E-state index in [4.69, 9.17) is 14.2 Å². The molecule has 1 atom stereocenters. The van der Waals surface area contributed by atoms with Gasteiger partial charge >= 0.3 is 0 Å². The summed E-state index contributed by atoms with van der Waals surface area (Å²) in [5.74, 6) is -0.330. The Labute approximate surface area is 136 Å². The molecule has 7 nitrogen and oxygen atoms in total. The average Bonchev–Trinajstić information content (AvgIpc) is 3.04. The van der Waals surface area contributed by atoms with Gasteiger partial charge in [0.15, 0.2) is 0 Å². The van der Waals surface area contributed by atoms with Gasteiger partial charge in [-0.2, -0.15) is 0 Å². The van der Waals surface area contributed by atoms with E-state index in [-0.39, 0.29) is 24.0 Å². The fraction of sp³-hybridized carbons (Fsp3) is 0.533. The predicted molar refractivity (Wildman–Crippen MR) is 84.0 cm³/mol. The van der Waals surface area contributed by atoms with Gasteiger partial charge in [-0.3, -0.25) is 4.79 Å². The van der Waals surface area contributed by atoms with Crippen molar-refractivity contribution in [2.75, 3.05) is 32.7 Å². The third-order valence-corrected chi connectivity index (χ3v) is 4.58. The van der Waals surface area contributed by atoms with Crippen LogP contribution in [0.3, 0.4) is 0 Å². The Hall–Kier alpha value is -1.64. The van der Waals surface area contributed by atoms with Crippen LogP contribution in [0.25, 0.3) is 0 Å². The molecule has 0 unspecified atom stereocenters. The Balaban J connectivity index is 1.86. The lowest BCUT2D eigenvalue weighted by Gasteiger charge is -2.12. The van der Waals surface area contributed by atoms with Crippen molar-refractivity contribution >= 4 is 15.9 Å². The van der Waals surface area contributed by atoms with Crippen molar-refractivity contribution < 1.29 is 27.4 Å². The number of carbonyl (C=O) groups excluding carboxylic acids is 1. The second-order valence-electron chi connectivity index (χ2n) is 5.21. The molecule has 0 aliphatic carbocycles. The zero-order valence-electron chi connectivity index (χ0n) is 13.0. The van der Waals surface area contributed by atoms with Gasteiger partial charge in [0.1, 0.15) is 12.4 Å². The summed E-state index contributed by atoms with van der Waals surface area (Å²) in [4.78, 5) is 11.9. The minimum Gasteiger partial charge on any atom is -0.491 e. The van der Waals surface area contributed by atoms with Gasteiger partial charge in [0.2, 0.25) is 10.0 Å². The molecule has 1 fully saturated rings. The Morgan fingerprint density at radius 2 is 2.09 bits per heavy atom. The molecule has 0 saturated carbocycles. The van der Waals surface area contributed by atoms with E-state index < -0.39 is 15.9 Å². The summed E-state index contributed by atoms with van der Waals surface area (Å²) in [6, 6.07) is 6.30. The summed E-state index contributed by atoms with van der Waals surface area (Å²) < 4.78 is 41.0. The Morgan fingerprint density at radius 3 is 2.70 bits per heavy atom. The third kappa shape index (κ3) is 5.81. The van der Waals surface area contributed by atoms with Crippen molar-refractivity contribution in [3.05, 3.63) is 29.8 Å². The molecule has 2 rings (SSSR count). The zero-order valence-corrected chi connectivity index (χ0v) is 13.8. The van der Waals surface area contributed by atoms with Crippen molar-refractivity contribution in [3.63, 3.8) is 0 Å². The zero-order chi connectivity index (χ0) is 16.7. The highest BCUT2D eigenvalue weighted by molar-refractivity contribution is 7.90. The highest BCUT2D eigenvalue weighted by Crippen LogP contribution is 2.16. The molecular weight excluding hydrogens is 322 g/mol. The summed E-state index contributed by atoms with van der Waals surface area (Å²) >= 11 is 0. The maximum Gasteiger partial charge on any atom is 0.264 e. The minimum absolute atomic E-state index is 0.0264. The Kier molecular flexibility index (Phi) is 6.37. The molecule has 0 bridgehead atoms.